The molecule has 1 amide bonds. The number of carbonyl (C=O) groups is 1. The molecule has 10 heteroatoms. The Labute approximate surface area is 178 Å². The molecule has 1 aliphatic heterocycles. The maximum absolute atomic E-state index is 12.9. The third kappa shape index (κ3) is 3.49. The summed E-state index contributed by atoms with van der Waals surface area (Å²) >= 11 is 6.00. The van der Waals surface area contributed by atoms with Gasteiger partial charge in [0.05, 0.1) is 27.7 Å². The highest BCUT2D eigenvalue weighted by Gasteiger charge is 2.26. The Kier molecular flexibility index (Phi) is 5.13. The molecule has 0 saturated heterocycles. The van der Waals surface area contributed by atoms with Crippen LogP contribution in [0.1, 0.15) is 21.6 Å². The van der Waals surface area contributed by atoms with Gasteiger partial charge in [0, 0.05) is 38.8 Å². The third-order valence-electron chi connectivity index (χ3n) is 5.10. The van der Waals surface area contributed by atoms with Crippen molar-refractivity contribution in [3.8, 4) is 0 Å². The van der Waals surface area contributed by atoms with Gasteiger partial charge in [0.2, 0.25) is 10.0 Å². The van der Waals surface area contributed by atoms with Gasteiger partial charge in [0.25, 0.3) is 11.5 Å². The van der Waals surface area contributed by atoms with E-state index in [2.05, 4.69) is 4.98 Å². The molecule has 0 saturated carbocycles. The van der Waals surface area contributed by atoms with Gasteiger partial charge in [-0.1, -0.05) is 11.6 Å². The summed E-state index contributed by atoms with van der Waals surface area (Å²) in [6.07, 6.45) is 1.97. The second kappa shape index (κ2) is 7.50. The number of amides is 1. The summed E-state index contributed by atoms with van der Waals surface area (Å²) in [6, 6.07) is 9.15. The normalized spacial score (nSPS) is 14.2. The number of benzene rings is 1. The number of hydrogen-bond acceptors (Lipinski definition) is 5. The number of carbonyl (C=O) groups excluding carboxylic acids is 1. The van der Waals surface area contributed by atoms with E-state index in [-0.39, 0.29) is 22.9 Å². The van der Waals surface area contributed by atoms with E-state index in [0.717, 1.165) is 4.31 Å². The molecule has 4 rings (SSSR count). The van der Waals surface area contributed by atoms with Crippen molar-refractivity contribution in [3.63, 3.8) is 0 Å². The fourth-order valence-electron chi connectivity index (χ4n) is 3.41. The van der Waals surface area contributed by atoms with Crippen LogP contribution in [0.2, 0.25) is 5.02 Å². The maximum atomic E-state index is 12.9. The van der Waals surface area contributed by atoms with E-state index < -0.39 is 10.0 Å². The van der Waals surface area contributed by atoms with E-state index in [4.69, 9.17) is 11.6 Å². The predicted octanol–water partition coefficient (Wildman–Crippen LogP) is 1.80. The molecule has 0 unspecified atom stereocenters. The first-order valence-electron chi connectivity index (χ1n) is 9.20. The van der Waals surface area contributed by atoms with Crippen molar-refractivity contribution < 1.29 is 13.2 Å². The van der Waals surface area contributed by atoms with E-state index in [9.17, 15) is 18.0 Å². The monoisotopic (exact) mass is 446 g/mol. The van der Waals surface area contributed by atoms with Crippen molar-refractivity contribution in [3.05, 3.63) is 74.8 Å². The number of pyridine rings is 1. The molecule has 0 aliphatic carbocycles. The summed E-state index contributed by atoms with van der Waals surface area (Å²) in [5, 5.41) is 0.419. The lowest BCUT2D eigenvalue weighted by atomic mass is 10.1. The van der Waals surface area contributed by atoms with Crippen LogP contribution in [-0.4, -0.2) is 53.6 Å². The number of fused-ring (bicyclic) bond motifs is 2. The molecule has 3 aromatic rings. The largest absolute Gasteiger partial charge is 0.334 e. The van der Waals surface area contributed by atoms with E-state index in [1.807, 2.05) is 0 Å². The van der Waals surface area contributed by atoms with Crippen molar-refractivity contribution in [1.29, 1.82) is 0 Å². The quantitative estimate of drug-likeness (QED) is 0.611. The molecule has 30 heavy (non-hydrogen) atoms. The summed E-state index contributed by atoms with van der Waals surface area (Å²) in [7, 11) is -0.674. The molecule has 1 aromatic carbocycles. The number of nitrogens with zero attached hydrogens (tertiary/aromatic N) is 4. The van der Waals surface area contributed by atoms with Crippen molar-refractivity contribution in [2.24, 2.45) is 0 Å². The molecule has 0 bridgehead atoms. The lowest BCUT2D eigenvalue weighted by Gasteiger charge is -2.28. The molecule has 3 heterocycles. The van der Waals surface area contributed by atoms with Crippen LogP contribution in [0.15, 0.2) is 52.3 Å². The highest BCUT2D eigenvalue weighted by atomic mass is 35.5. The topological polar surface area (TPSA) is 92.1 Å². The average Bonchev–Trinajstić information content (AvgIpc) is 2.74. The Balaban J connectivity index is 1.63. The molecule has 156 valence electrons. The Morgan fingerprint density at radius 1 is 1.13 bits per heavy atom. The van der Waals surface area contributed by atoms with Crippen LogP contribution in [0.25, 0.3) is 5.65 Å². The van der Waals surface area contributed by atoms with Gasteiger partial charge in [-0.3, -0.25) is 14.0 Å². The number of hydrogen-bond donors (Lipinski definition) is 0. The molecule has 0 atom stereocenters. The Morgan fingerprint density at radius 2 is 1.83 bits per heavy atom. The zero-order chi connectivity index (χ0) is 21.6. The highest BCUT2D eigenvalue weighted by molar-refractivity contribution is 7.89. The third-order valence-corrected chi connectivity index (χ3v) is 7.15. The molecule has 0 fully saturated rings. The first kappa shape index (κ1) is 20.5. The lowest BCUT2D eigenvalue weighted by Crippen LogP contribution is -2.40. The SMILES string of the molecule is CN(C)S(=O)(=O)c1ccc(C(=O)N2CCc3nc4ccc(Cl)cn4c(=O)c3C2)cc1. The fourth-order valence-corrected chi connectivity index (χ4v) is 4.47. The predicted molar refractivity (Wildman–Crippen MR) is 112 cm³/mol. The van der Waals surface area contributed by atoms with Crippen LogP contribution in [0, 0.1) is 0 Å². The van der Waals surface area contributed by atoms with Gasteiger partial charge >= 0.3 is 0 Å². The number of aromatic nitrogens is 2. The number of rotatable bonds is 3. The standard InChI is InChI=1S/C20H19ClN4O4S/c1-23(2)30(28,29)15-6-3-13(4-7-15)19(26)24-10-9-17-16(12-24)20(27)25-11-14(21)5-8-18(25)22-17/h3-8,11H,9-10,12H2,1-2H3. The number of halogens is 1. The van der Waals surface area contributed by atoms with E-state index in [1.54, 1.807) is 17.0 Å². The molecule has 0 spiro atoms. The van der Waals surface area contributed by atoms with Crippen LogP contribution in [0.4, 0.5) is 0 Å². The van der Waals surface area contributed by atoms with Crippen LogP contribution in [0.5, 0.6) is 0 Å². The zero-order valence-corrected chi connectivity index (χ0v) is 17.9. The van der Waals surface area contributed by atoms with Crippen LogP contribution in [0.3, 0.4) is 0 Å². The molecule has 0 N–H and O–H groups in total. The number of sulfonamides is 1. The summed E-state index contributed by atoms with van der Waals surface area (Å²) in [5.74, 6) is -0.273. The van der Waals surface area contributed by atoms with Gasteiger partial charge in [-0.2, -0.15) is 0 Å². The van der Waals surface area contributed by atoms with Crippen LogP contribution >= 0.6 is 11.6 Å². The summed E-state index contributed by atoms with van der Waals surface area (Å²) < 4.78 is 26.9. The highest BCUT2D eigenvalue weighted by Crippen LogP contribution is 2.20. The van der Waals surface area contributed by atoms with Gasteiger partial charge < -0.3 is 4.90 Å². The minimum Gasteiger partial charge on any atom is -0.334 e. The minimum atomic E-state index is -3.57. The average molecular weight is 447 g/mol. The Bertz CT molecular complexity index is 1320. The van der Waals surface area contributed by atoms with E-state index >= 15 is 0 Å². The van der Waals surface area contributed by atoms with Gasteiger partial charge in [-0.25, -0.2) is 17.7 Å². The summed E-state index contributed by atoms with van der Waals surface area (Å²) in [4.78, 5) is 32.1. The van der Waals surface area contributed by atoms with Crippen LogP contribution in [-0.2, 0) is 23.0 Å². The van der Waals surface area contributed by atoms with Gasteiger partial charge in [-0.05, 0) is 36.4 Å². The Morgan fingerprint density at radius 3 is 2.50 bits per heavy atom. The molecular weight excluding hydrogens is 428 g/mol. The van der Waals surface area contributed by atoms with Crippen molar-refractivity contribution >= 4 is 33.2 Å². The molecule has 1 aliphatic rings. The second-order valence-corrected chi connectivity index (χ2v) is 9.79. The van der Waals surface area contributed by atoms with Gasteiger partial charge in [0.1, 0.15) is 5.65 Å². The van der Waals surface area contributed by atoms with Gasteiger partial charge in [-0.15, -0.1) is 0 Å². The Hall–Kier alpha value is -2.75. The van der Waals surface area contributed by atoms with E-state index in [0.29, 0.717) is 40.5 Å². The summed E-state index contributed by atoms with van der Waals surface area (Å²) in [6.45, 7) is 0.549. The second-order valence-electron chi connectivity index (χ2n) is 7.21. The first-order valence-corrected chi connectivity index (χ1v) is 11.0. The van der Waals surface area contributed by atoms with E-state index in [1.165, 1.54) is 49.0 Å². The van der Waals surface area contributed by atoms with Crippen molar-refractivity contribution in [1.82, 2.24) is 18.6 Å². The molecular formula is C20H19ClN4O4S. The minimum absolute atomic E-state index is 0.110. The zero-order valence-electron chi connectivity index (χ0n) is 16.4. The molecule has 2 aromatic heterocycles. The molecule has 0 radical (unpaired) electrons. The maximum Gasteiger partial charge on any atom is 0.263 e. The van der Waals surface area contributed by atoms with Crippen molar-refractivity contribution in [2.75, 3.05) is 20.6 Å². The molecule has 8 nitrogen and oxygen atoms in total. The van der Waals surface area contributed by atoms with Crippen molar-refractivity contribution in [2.45, 2.75) is 17.9 Å². The lowest BCUT2D eigenvalue weighted by molar-refractivity contribution is 0.0732. The summed E-state index contributed by atoms with van der Waals surface area (Å²) in [5.41, 5.74) is 1.76. The van der Waals surface area contributed by atoms with Crippen LogP contribution < -0.4 is 5.56 Å². The first-order chi connectivity index (χ1) is 14.2. The fraction of sp³-hybridized carbons (Fsp3) is 0.250. The smallest absolute Gasteiger partial charge is 0.263 e. The van der Waals surface area contributed by atoms with Gasteiger partial charge in [0.15, 0.2) is 0 Å².